The van der Waals surface area contributed by atoms with Crippen LogP contribution in [0.5, 0.6) is 0 Å². The summed E-state index contributed by atoms with van der Waals surface area (Å²) in [7, 11) is 0. The second-order valence-electron chi connectivity index (χ2n) is 10.5. The van der Waals surface area contributed by atoms with Gasteiger partial charge in [0, 0.05) is 35.2 Å². The number of aryl methyl sites for hydroxylation is 2. The van der Waals surface area contributed by atoms with Crippen molar-refractivity contribution in [1.82, 2.24) is 0 Å². The Bertz CT molecular complexity index is 1150. The van der Waals surface area contributed by atoms with Crippen LogP contribution in [-0.4, -0.2) is 11.5 Å². The molecule has 2 nitrogen and oxygen atoms in total. The van der Waals surface area contributed by atoms with Gasteiger partial charge in [-0.15, -0.1) is 0 Å². The monoisotopic (exact) mass is 437 g/mol. The van der Waals surface area contributed by atoms with Gasteiger partial charge in [-0.1, -0.05) is 77.7 Å². The molecular formula is C31H35NO. The van der Waals surface area contributed by atoms with E-state index in [0.717, 1.165) is 17.7 Å². The number of Topliss-reactive ketones (excluding diaryl/α,β-unsaturated/α-hetero) is 1. The van der Waals surface area contributed by atoms with Crippen molar-refractivity contribution < 1.29 is 4.79 Å². The van der Waals surface area contributed by atoms with E-state index in [9.17, 15) is 4.79 Å². The highest BCUT2D eigenvalue weighted by atomic mass is 16.1. The third kappa shape index (κ3) is 4.28. The highest BCUT2D eigenvalue weighted by molar-refractivity contribution is 6.05. The molecule has 0 aromatic heterocycles. The molecule has 2 aromatic rings. The third-order valence-electron chi connectivity index (χ3n) is 8.14. The van der Waals surface area contributed by atoms with Gasteiger partial charge in [0.15, 0.2) is 5.78 Å². The first kappa shape index (κ1) is 22.1. The highest BCUT2D eigenvalue weighted by Crippen LogP contribution is 2.53. The number of allylic oxidation sites excluding steroid dienone is 4. The third-order valence-corrected chi connectivity index (χ3v) is 8.14. The Labute approximate surface area is 198 Å². The van der Waals surface area contributed by atoms with Crippen LogP contribution < -0.4 is 0 Å². The first-order valence-electron chi connectivity index (χ1n) is 12.5. The number of aliphatic imine (C=N–C) groups is 1. The Hall–Kier alpha value is -2.74. The second kappa shape index (κ2) is 8.89. The number of ketones is 1. The predicted octanol–water partition coefficient (Wildman–Crippen LogP) is 7.31. The number of hydrogen-bond acceptors (Lipinski definition) is 2. The van der Waals surface area contributed by atoms with E-state index in [-0.39, 0.29) is 11.7 Å². The molecule has 0 amide bonds. The molecule has 1 saturated carbocycles. The molecule has 1 heterocycles. The van der Waals surface area contributed by atoms with Crippen molar-refractivity contribution in [3.63, 3.8) is 0 Å². The fourth-order valence-corrected chi connectivity index (χ4v) is 6.39. The normalized spacial score (nSPS) is 26.8. The highest BCUT2D eigenvalue weighted by Gasteiger charge is 2.44. The maximum absolute atomic E-state index is 12.2. The van der Waals surface area contributed by atoms with Gasteiger partial charge < -0.3 is 0 Å². The quantitative estimate of drug-likeness (QED) is 0.451. The lowest BCUT2D eigenvalue weighted by Crippen LogP contribution is -2.26. The fourth-order valence-electron chi connectivity index (χ4n) is 6.39. The van der Waals surface area contributed by atoms with Gasteiger partial charge in [-0.25, -0.2) is 0 Å². The largest absolute Gasteiger partial charge is 0.295 e. The molecule has 1 fully saturated rings. The van der Waals surface area contributed by atoms with Gasteiger partial charge in [0.2, 0.25) is 0 Å². The summed E-state index contributed by atoms with van der Waals surface area (Å²) in [5.41, 5.74) is 10.2. The number of nitrogens with zero attached hydrogens (tertiary/aromatic N) is 1. The minimum Gasteiger partial charge on any atom is -0.295 e. The van der Waals surface area contributed by atoms with Crippen LogP contribution in [0, 0.1) is 31.6 Å². The fraction of sp³-hybridized carbons (Fsp3) is 0.419. The molecule has 2 aromatic carbocycles. The van der Waals surface area contributed by atoms with E-state index >= 15 is 0 Å². The summed E-state index contributed by atoms with van der Waals surface area (Å²) in [5, 5.41) is 0. The molecule has 4 unspecified atom stereocenters. The molecule has 5 rings (SSSR count). The molecule has 0 radical (unpaired) electrons. The van der Waals surface area contributed by atoms with E-state index in [1.807, 2.05) is 6.92 Å². The van der Waals surface area contributed by atoms with Crippen LogP contribution >= 0.6 is 0 Å². The summed E-state index contributed by atoms with van der Waals surface area (Å²) in [6.07, 6.45) is 8.22. The Morgan fingerprint density at radius 2 is 1.61 bits per heavy atom. The zero-order valence-corrected chi connectivity index (χ0v) is 20.4. The Morgan fingerprint density at radius 3 is 2.24 bits per heavy atom. The van der Waals surface area contributed by atoms with Gasteiger partial charge >= 0.3 is 0 Å². The molecule has 2 heteroatoms. The van der Waals surface area contributed by atoms with E-state index < -0.39 is 0 Å². The zero-order valence-electron chi connectivity index (χ0n) is 20.4. The predicted molar refractivity (Wildman–Crippen MR) is 137 cm³/mol. The molecule has 3 aliphatic rings. The van der Waals surface area contributed by atoms with Crippen molar-refractivity contribution in [2.75, 3.05) is 0 Å². The van der Waals surface area contributed by atoms with Gasteiger partial charge in [0.05, 0.1) is 0 Å². The van der Waals surface area contributed by atoms with Crippen molar-refractivity contribution in [2.45, 2.75) is 65.7 Å². The topological polar surface area (TPSA) is 29.4 Å². The average molecular weight is 438 g/mol. The van der Waals surface area contributed by atoms with Crippen LogP contribution in [-0.2, 0) is 11.2 Å². The molecule has 33 heavy (non-hydrogen) atoms. The Kier molecular flexibility index (Phi) is 5.95. The minimum atomic E-state index is 0.165. The number of benzene rings is 2. The van der Waals surface area contributed by atoms with Crippen LogP contribution in [0.2, 0.25) is 0 Å². The molecule has 2 aliphatic carbocycles. The summed E-state index contributed by atoms with van der Waals surface area (Å²) in [6, 6.07) is 18.2. The molecule has 0 bridgehead atoms. The van der Waals surface area contributed by atoms with Gasteiger partial charge in [-0.3, -0.25) is 9.79 Å². The summed E-state index contributed by atoms with van der Waals surface area (Å²) in [6.45, 7) is 7.99. The maximum Gasteiger partial charge on any atom is 0.157 e. The van der Waals surface area contributed by atoms with Crippen LogP contribution in [0.3, 0.4) is 0 Å². The lowest BCUT2D eigenvalue weighted by molar-refractivity contribution is -0.113. The second-order valence-corrected chi connectivity index (χ2v) is 10.5. The zero-order chi connectivity index (χ0) is 23.1. The van der Waals surface area contributed by atoms with E-state index in [4.69, 9.17) is 4.99 Å². The first-order valence-corrected chi connectivity index (χ1v) is 12.5. The number of rotatable bonds is 5. The van der Waals surface area contributed by atoms with Crippen molar-refractivity contribution >= 4 is 11.5 Å². The lowest BCUT2D eigenvalue weighted by atomic mass is 9.70. The molecule has 0 spiro atoms. The molecule has 0 N–H and O–H groups in total. The number of carbonyl (C=O) groups excluding carboxylic acids is 1. The standard InChI is InChI=1S/C31H35NO/c1-19-8-12-23(13-9-19)16-25-6-5-7-26-28(25)17-29(30-18-27(22(4)33)21(3)32-30)31(26)24-14-10-20(2)11-15-24/h8-15,17,25-26,29,31H,5-7,16,18H2,1-4H3. The van der Waals surface area contributed by atoms with E-state index in [1.165, 1.54) is 47.2 Å². The number of fused-ring (bicyclic) bond motifs is 1. The lowest BCUT2D eigenvalue weighted by Gasteiger charge is -2.34. The minimum absolute atomic E-state index is 0.165. The molecule has 0 saturated heterocycles. The van der Waals surface area contributed by atoms with Gasteiger partial charge in [0.25, 0.3) is 0 Å². The van der Waals surface area contributed by atoms with E-state index in [2.05, 4.69) is 68.5 Å². The van der Waals surface area contributed by atoms with Gasteiger partial charge in [-0.05, 0) is 69.9 Å². The molecular weight excluding hydrogens is 402 g/mol. The average Bonchev–Trinajstić information content (AvgIpc) is 3.37. The number of hydrogen-bond donors (Lipinski definition) is 0. The van der Waals surface area contributed by atoms with Crippen molar-refractivity contribution in [1.29, 1.82) is 0 Å². The molecule has 170 valence electrons. The summed E-state index contributed by atoms with van der Waals surface area (Å²) >= 11 is 0. The van der Waals surface area contributed by atoms with E-state index in [0.29, 0.717) is 24.2 Å². The summed E-state index contributed by atoms with van der Waals surface area (Å²) < 4.78 is 0. The Morgan fingerprint density at radius 1 is 0.939 bits per heavy atom. The molecule has 1 aliphatic heterocycles. The van der Waals surface area contributed by atoms with Crippen LogP contribution in [0.1, 0.15) is 67.7 Å². The molecule has 4 atom stereocenters. The SMILES string of the molecule is CC(=O)C1=C(C)N=C(C2C=C3C(Cc4ccc(C)cc4)CCCC3C2c2ccc(C)cc2)C1. The van der Waals surface area contributed by atoms with Gasteiger partial charge in [0.1, 0.15) is 0 Å². The maximum atomic E-state index is 12.2. The smallest absolute Gasteiger partial charge is 0.157 e. The van der Waals surface area contributed by atoms with Crippen molar-refractivity contribution in [3.8, 4) is 0 Å². The van der Waals surface area contributed by atoms with Crippen molar-refractivity contribution in [2.24, 2.45) is 22.7 Å². The summed E-state index contributed by atoms with van der Waals surface area (Å²) in [5.74, 6) is 2.06. The van der Waals surface area contributed by atoms with Crippen LogP contribution in [0.15, 0.2) is 76.4 Å². The van der Waals surface area contributed by atoms with E-state index in [1.54, 1.807) is 12.5 Å². The van der Waals surface area contributed by atoms with Crippen LogP contribution in [0.4, 0.5) is 0 Å². The van der Waals surface area contributed by atoms with Gasteiger partial charge in [-0.2, -0.15) is 0 Å². The van der Waals surface area contributed by atoms with Crippen LogP contribution in [0.25, 0.3) is 0 Å². The summed E-state index contributed by atoms with van der Waals surface area (Å²) in [4.78, 5) is 17.2. The number of carbonyl (C=O) groups is 1. The van der Waals surface area contributed by atoms with Crippen molar-refractivity contribution in [3.05, 3.63) is 93.7 Å². The Balaban J connectivity index is 1.50. The first-order chi connectivity index (χ1) is 15.9.